The minimum absolute atomic E-state index is 0. The molecule has 8 aliphatic rings. The van der Waals surface area contributed by atoms with Gasteiger partial charge in [0.1, 0.15) is 58.2 Å². The van der Waals surface area contributed by atoms with E-state index in [0.717, 1.165) is 41.2 Å². The number of aliphatic carboxylic acids is 2. The number of ether oxygens (including phenoxy) is 5. The highest BCUT2D eigenvalue weighted by atomic mass is 32.1. The summed E-state index contributed by atoms with van der Waals surface area (Å²) < 4.78 is 85.0. The first kappa shape index (κ1) is 104. The maximum Gasteiger partial charge on any atom is 0.315 e. The Balaban J connectivity index is 0.000000171. The van der Waals surface area contributed by atoms with Crippen molar-refractivity contribution in [3.63, 3.8) is 0 Å². The van der Waals surface area contributed by atoms with Crippen LogP contribution in [-0.2, 0) is 47.8 Å². The molecule has 0 bridgehead atoms. The average molecular weight is 1960 g/mol. The molecule has 16 rings (SSSR count). The minimum atomic E-state index is -1.08. The predicted octanol–water partition coefficient (Wildman–Crippen LogP) is 20.3. The summed E-state index contributed by atoms with van der Waals surface area (Å²) in [6.07, 6.45) is 4.88. The Morgan fingerprint density at radius 3 is 0.790 bits per heavy atom. The van der Waals surface area contributed by atoms with Crippen molar-refractivity contribution in [2.24, 2.45) is 21.7 Å². The molecule has 37 heteroatoms. The third-order valence-electron chi connectivity index (χ3n) is 25.2. The van der Waals surface area contributed by atoms with Gasteiger partial charge in [-0.15, -0.1) is 0 Å². The molecule has 0 atom stereocenters. The minimum Gasteiger partial charge on any atom is -0.505 e. The van der Waals surface area contributed by atoms with E-state index >= 15 is 4.39 Å². The van der Waals surface area contributed by atoms with Gasteiger partial charge in [0.05, 0.1) is 51.5 Å². The summed E-state index contributed by atoms with van der Waals surface area (Å²) in [6, 6.07) is 36.9. The Morgan fingerprint density at radius 1 is 0.362 bits per heavy atom. The molecule has 0 radical (unpaired) electrons. The Morgan fingerprint density at radius 2 is 0.587 bits per heavy atom. The third kappa shape index (κ3) is 20.2. The highest BCUT2D eigenvalue weighted by molar-refractivity contribution is 7.81. The van der Waals surface area contributed by atoms with E-state index in [1.165, 1.54) is 68.1 Å². The molecule has 0 spiro atoms. The van der Waals surface area contributed by atoms with Gasteiger partial charge < -0.3 is 63.7 Å². The molecule has 720 valence electrons. The highest BCUT2D eigenvalue weighted by Crippen LogP contribution is 2.52. The van der Waals surface area contributed by atoms with Crippen LogP contribution in [0.4, 0.5) is 85.8 Å². The van der Waals surface area contributed by atoms with Crippen LogP contribution in [0.15, 0.2) is 146 Å². The summed E-state index contributed by atoms with van der Waals surface area (Å²) in [5, 5.41) is 37.5. The first-order valence-electron chi connectivity index (χ1n) is 43.4. The van der Waals surface area contributed by atoms with E-state index in [0.29, 0.717) is 113 Å². The zero-order valence-electron chi connectivity index (χ0n) is 77.4. The Bertz CT molecular complexity index is 6330. The largest absolute Gasteiger partial charge is 0.505 e. The molecular weight excluding hydrogens is 1860 g/mol. The lowest BCUT2D eigenvalue weighted by atomic mass is 10.0. The fourth-order valence-corrected chi connectivity index (χ4v) is 17.9. The topological polar surface area (TPSA) is 307 Å². The van der Waals surface area contributed by atoms with Gasteiger partial charge >= 0.3 is 23.9 Å². The number of amides is 4. The Labute approximate surface area is 818 Å². The summed E-state index contributed by atoms with van der Waals surface area (Å²) in [6.45, 7) is 53.6. The molecule has 8 aromatic carbocycles. The lowest BCUT2D eigenvalue weighted by molar-refractivity contribution is -0.152. The Hall–Kier alpha value is -14.1. The van der Waals surface area contributed by atoms with Gasteiger partial charge in [-0.2, -0.15) is 0 Å². The second-order valence-corrected chi connectivity index (χ2v) is 37.7. The molecule has 4 saturated heterocycles. The molecule has 29 nitrogen and oxygen atoms in total. The summed E-state index contributed by atoms with van der Waals surface area (Å²) in [5.74, 6) is -6.83. The fraction of sp³-hybridized carbons (Fsp3) is 0.366. The van der Waals surface area contributed by atoms with Crippen LogP contribution in [0.1, 0.15) is 150 Å². The van der Waals surface area contributed by atoms with E-state index in [1.807, 2.05) is 0 Å². The number of carbonyl (C=O) groups is 8. The smallest absolute Gasteiger partial charge is 0.315 e. The van der Waals surface area contributed by atoms with Crippen molar-refractivity contribution in [1.29, 1.82) is 0 Å². The summed E-state index contributed by atoms with van der Waals surface area (Å²) in [4.78, 5) is 124. The molecule has 4 N–H and O–H groups in total. The lowest BCUT2D eigenvalue weighted by Crippen LogP contribution is -2.44. The van der Waals surface area contributed by atoms with Gasteiger partial charge in [0, 0.05) is 69.8 Å². The number of thiocarbonyl (C=S) groups is 4. The molecule has 4 saturated carbocycles. The van der Waals surface area contributed by atoms with E-state index in [2.05, 4.69) is 19.4 Å². The number of carboxylic acid groups (broad SMARTS) is 2. The number of rotatable bonds is 24. The van der Waals surface area contributed by atoms with Crippen LogP contribution in [0, 0.1) is 98.9 Å². The van der Waals surface area contributed by atoms with Gasteiger partial charge in [-0.05, 0) is 316 Å². The van der Waals surface area contributed by atoms with Crippen LogP contribution in [0.25, 0.3) is 19.4 Å². The first-order chi connectivity index (χ1) is 64.5. The van der Waals surface area contributed by atoms with Gasteiger partial charge in [-0.3, -0.25) is 58.0 Å². The number of nitrogens with zero attached hydrogens (tertiary/aromatic N) is 12. The van der Waals surface area contributed by atoms with Crippen LogP contribution in [0.3, 0.4) is 0 Å². The SMILES string of the molecule is C.CCOC(=O)C1(CO)CC1.[C-]#[N+]c1ccc(N2C(=O)C(C)(C)N(c3ccc(O)c(F)c3)C2=S)cc1C.[C-]#[N+]c1ccc(N2C(=O)C(C)(C)N(c3ccc(OCC4(C(=O)O)CC4)c(F)c3)C2=S)cc1C.[C-]#[N+]c1ccc(N2C(=O)C(C)(C)N(c3ccc(OCC4(C(=O)O)CC4)c(F)c3)C2=S)cc1C.[C-]#[N+]c1ccc(N2C(=O)C(C)(C)N(c3ccc(OCC4(C(=O)OCC)CC4)c(F)c3)C2=S)cc1C. The second-order valence-electron chi connectivity index (χ2n) is 36.3. The number of esters is 2. The number of aliphatic hydroxyl groups is 1. The summed E-state index contributed by atoms with van der Waals surface area (Å²) >= 11 is 22.4. The average Bonchev–Trinajstić information content (AvgIpc) is 1.59. The van der Waals surface area contributed by atoms with Crippen molar-refractivity contribution >= 4 is 185 Å². The number of aromatic hydroxyl groups is 1. The zero-order chi connectivity index (χ0) is 101. The van der Waals surface area contributed by atoms with E-state index in [4.69, 9.17) is 104 Å². The predicted molar refractivity (Wildman–Crippen MR) is 529 cm³/mol. The first-order valence-corrected chi connectivity index (χ1v) is 45.0. The number of aryl methyl sites for hydroxylation is 4. The number of phenols is 1. The normalized spacial score (nSPS) is 17.8. The summed E-state index contributed by atoms with van der Waals surface area (Å²) in [5.41, 5.74) is 1.24. The number of benzene rings is 8. The number of carboxylic acids is 2. The van der Waals surface area contributed by atoms with E-state index in [-0.39, 0.29) is 114 Å². The van der Waals surface area contributed by atoms with Gasteiger partial charge in [0.25, 0.3) is 23.6 Å². The van der Waals surface area contributed by atoms with Crippen molar-refractivity contribution in [2.75, 3.05) is 78.8 Å². The molecule has 8 aromatic rings. The molecule has 138 heavy (non-hydrogen) atoms. The maximum absolute atomic E-state index is 15.0. The monoisotopic (exact) mass is 1960 g/mol. The van der Waals surface area contributed by atoms with Crippen molar-refractivity contribution in [1.82, 2.24) is 0 Å². The third-order valence-corrected chi connectivity index (χ3v) is 26.6. The molecular formula is C101H102F4N12O17S4. The van der Waals surface area contributed by atoms with Gasteiger partial charge in [0.15, 0.2) is 89.5 Å². The van der Waals surface area contributed by atoms with E-state index in [9.17, 15) is 66.8 Å². The quantitative estimate of drug-likeness (QED) is 0.0189. The maximum atomic E-state index is 15.0. The lowest BCUT2D eigenvalue weighted by Gasteiger charge is -2.29. The number of halogens is 4. The van der Waals surface area contributed by atoms with Gasteiger partial charge in [0.2, 0.25) is 0 Å². The number of phenolic OH excluding ortho intramolecular Hbond substituents is 1. The van der Waals surface area contributed by atoms with Gasteiger partial charge in [-0.25, -0.2) is 36.9 Å². The van der Waals surface area contributed by atoms with Crippen LogP contribution in [0.2, 0.25) is 0 Å². The fourth-order valence-electron chi connectivity index (χ4n) is 15.8. The summed E-state index contributed by atoms with van der Waals surface area (Å²) in [7, 11) is 0. The van der Waals surface area contributed by atoms with Crippen molar-refractivity contribution in [2.45, 2.75) is 178 Å². The van der Waals surface area contributed by atoms with Crippen LogP contribution in [-0.4, -0.2) is 150 Å². The molecule has 4 aliphatic heterocycles. The molecule has 0 unspecified atom stereocenters. The number of aliphatic hydroxyl groups excluding tert-OH is 1. The molecule has 4 aliphatic carbocycles. The molecule has 4 heterocycles. The van der Waals surface area contributed by atoms with Crippen LogP contribution >= 0.6 is 48.9 Å². The van der Waals surface area contributed by atoms with E-state index < -0.39 is 84.8 Å². The van der Waals surface area contributed by atoms with Gasteiger partial charge in [-0.1, -0.05) is 31.7 Å². The second kappa shape index (κ2) is 40.3. The van der Waals surface area contributed by atoms with Crippen molar-refractivity contribution in [3.8, 4) is 23.0 Å². The van der Waals surface area contributed by atoms with Crippen molar-refractivity contribution < 1.29 is 100 Å². The zero-order valence-corrected chi connectivity index (χ0v) is 80.6. The molecule has 0 aromatic heterocycles. The van der Waals surface area contributed by atoms with Crippen molar-refractivity contribution in [3.05, 3.63) is 237 Å². The van der Waals surface area contributed by atoms with E-state index in [1.54, 1.807) is 208 Å². The number of anilines is 8. The number of hydrogen-bond donors (Lipinski definition) is 4. The number of hydrogen-bond acceptors (Lipinski definition) is 19. The standard InChI is InChI=1S/C26H26FN3O4S.2C24H22FN3O4S.C19H16FN3O2S.C7H12O3.CH4/c1-6-33-23(32)26(11-12-26)15-34-21-10-8-18(14-19(21)27)30-24(35)29(22(31)25(30,3)4)17-7-9-20(28-5)16(2)13-17;2*1-14-11-15(5-7-18(14)26-4)27-20(29)23(2,3)28(22(27)33)16-6-8-19(17(25)12-16)32-13-24(9-10-24)21(30)31;1-11-9-12(5-7-15(11)21-4)22-17(25)19(2,3)23(18(22)26)13-6-8-16(24)14(20)10-13;1-2-10-6(9)7(5-8)3-4-7;/h7-10,13-14H,6,11-12,15H2,1-4H3;2*5-8,11-12H,9-10,13H2,1-3H3,(H,30,31);5-10,24H,1-3H3;8H,2-5H2,1H3;1H4. The Kier molecular flexibility index (Phi) is 30.5. The molecule has 4 amide bonds. The van der Waals surface area contributed by atoms with Crippen LogP contribution < -0.4 is 53.4 Å². The highest BCUT2D eigenvalue weighted by Gasteiger charge is 2.58. The van der Waals surface area contributed by atoms with Crippen LogP contribution in [0.5, 0.6) is 23.0 Å². The molecule has 8 fully saturated rings. The number of carbonyl (C=O) groups excluding carboxylic acids is 6.